The highest BCUT2D eigenvalue weighted by atomic mass is 35.5. The summed E-state index contributed by atoms with van der Waals surface area (Å²) in [6, 6.07) is -0.265. The lowest BCUT2D eigenvalue weighted by Gasteiger charge is -2.22. The first kappa shape index (κ1) is 11.9. The topological polar surface area (TPSA) is 66.3 Å². The molecule has 0 aliphatic heterocycles. The van der Waals surface area contributed by atoms with Crippen molar-refractivity contribution in [2.45, 2.75) is 13.0 Å². The molecule has 82 valence electrons. The Labute approximate surface area is 92.7 Å². The second-order valence-corrected chi connectivity index (χ2v) is 3.56. The lowest BCUT2D eigenvalue weighted by Crippen LogP contribution is -2.37. The van der Waals surface area contributed by atoms with E-state index in [2.05, 4.69) is 9.97 Å². The van der Waals surface area contributed by atoms with Crippen LogP contribution in [0.25, 0.3) is 0 Å². The molecule has 0 aliphatic carbocycles. The molecule has 1 atom stereocenters. The Kier molecular flexibility index (Phi) is 3.99. The van der Waals surface area contributed by atoms with Crippen LogP contribution in [0.2, 0.25) is 5.15 Å². The van der Waals surface area contributed by atoms with Crippen LogP contribution >= 0.6 is 11.6 Å². The SMILES string of the molecule is CC(CO)N(C)C(=O)c1cncc(Cl)n1. The van der Waals surface area contributed by atoms with Crippen LogP contribution < -0.4 is 0 Å². The summed E-state index contributed by atoms with van der Waals surface area (Å²) in [5.41, 5.74) is 0.172. The van der Waals surface area contributed by atoms with E-state index in [-0.39, 0.29) is 29.4 Å². The molecule has 0 spiro atoms. The lowest BCUT2D eigenvalue weighted by atomic mass is 10.3. The number of aliphatic hydroxyl groups is 1. The second-order valence-electron chi connectivity index (χ2n) is 3.17. The van der Waals surface area contributed by atoms with Crippen molar-refractivity contribution < 1.29 is 9.90 Å². The van der Waals surface area contributed by atoms with Gasteiger partial charge in [-0.15, -0.1) is 0 Å². The van der Waals surface area contributed by atoms with Crippen LogP contribution in [0.1, 0.15) is 17.4 Å². The zero-order chi connectivity index (χ0) is 11.4. The molecule has 15 heavy (non-hydrogen) atoms. The summed E-state index contributed by atoms with van der Waals surface area (Å²) in [4.78, 5) is 20.7. The van der Waals surface area contributed by atoms with Crippen molar-refractivity contribution in [1.29, 1.82) is 0 Å². The van der Waals surface area contributed by atoms with Gasteiger partial charge in [-0.3, -0.25) is 9.78 Å². The third-order valence-corrected chi connectivity index (χ3v) is 2.25. The maximum absolute atomic E-state index is 11.8. The number of carbonyl (C=O) groups is 1. The quantitative estimate of drug-likeness (QED) is 0.824. The Balaban J connectivity index is 2.85. The molecule has 1 aromatic heterocycles. The summed E-state index contributed by atoms with van der Waals surface area (Å²) in [5.74, 6) is -0.313. The average molecular weight is 230 g/mol. The van der Waals surface area contributed by atoms with Gasteiger partial charge in [-0.1, -0.05) is 11.6 Å². The number of aromatic nitrogens is 2. The van der Waals surface area contributed by atoms with Gasteiger partial charge in [0.1, 0.15) is 10.8 Å². The van der Waals surface area contributed by atoms with Gasteiger partial charge in [0, 0.05) is 7.05 Å². The van der Waals surface area contributed by atoms with Crippen LogP contribution in [-0.4, -0.2) is 45.6 Å². The van der Waals surface area contributed by atoms with Gasteiger partial charge in [-0.05, 0) is 6.92 Å². The van der Waals surface area contributed by atoms with Gasteiger partial charge >= 0.3 is 0 Å². The van der Waals surface area contributed by atoms with Gasteiger partial charge in [-0.2, -0.15) is 0 Å². The molecule has 0 saturated heterocycles. The molecule has 0 aliphatic rings. The van der Waals surface area contributed by atoms with Crippen molar-refractivity contribution in [3.8, 4) is 0 Å². The molecular weight excluding hydrogens is 218 g/mol. The summed E-state index contributed by atoms with van der Waals surface area (Å²) in [7, 11) is 1.59. The molecule has 1 unspecified atom stereocenters. The molecule has 6 heteroatoms. The van der Waals surface area contributed by atoms with Crippen molar-refractivity contribution in [1.82, 2.24) is 14.9 Å². The molecule has 0 aromatic carbocycles. The molecule has 0 saturated carbocycles. The first-order chi connectivity index (χ1) is 7.06. The monoisotopic (exact) mass is 229 g/mol. The summed E-state index contributed by atoms with van der Waals surface area (Å²) in [5, 5.41) is 9.07. The zero-order valence-corrected chi connectivity index (χ0v) is 9.27. The number of likely N-dealkylation sites (N-methyl/N-ethyl adjacent to an activating group) is 1. The number of hydrogen-bond donors (Lipinski definition) is 1. The molecule has 1 N–H and O–H groups in total. The number of carbonyl (C=O) groups excluding carboxylic acids is 1. The number of rotatable bonds is 3. The minimum atomic E-state index is -0.313. The van der Waals surface area contributed by atoms with E-state index in [0.717, 1.165) is 0 Å². The summed E-state index contributed by atoms with van der Waals surface area (Å²) < 4.78 is 0. The fraction of sp³-hybridized carbons (Fsp3) is 0.444. The van der Waals surface area contributed by atoms with Crippen molar-refractivity contribution in [3.05, 3.63) is 23.2 Å². The fourth-order valence-corrected chi connectivity index (χ4v) is 1.10. The van der Waals surface area contributed by atoms with Gasteiger partial charge < -0.3 is 10.0 Å². The first-order valence-electron chi connectivity index (χ1n) is 4.41. The van der Waals surface area contributed by atoms with Crippen LogP contribution in [0.5, 0.6) is 0 Å². The Bertz CT molecular complexity index is 359. The number of amides is 1. The highest BCUT2D eigenvalue weighted by molar-refractivity contribution is 6.29. The van der Waals surface area contributed by atoms with Gasteiger partial charge in [0.2, 0.25) is 0 Å². The van der Waals surface area contributed by atoms with Crippen molar-refractivity contribution in [2.75, 3.05) is 13.7 Å². The van der Waals surface area contributed by atoms with Gasteiger partial charge in [0.05, 0.1) is 25.0 Å². The molecule has 0 radical (unpaired) electrons. The zero-order valence-electron chi connectivity index (χ0n) is 8.51. The molecule has 0 fully saturated rings. The molecule has 1 amide bonds. The molecule has 1 rings (SSSR count). The number of nitrogens with zero attached hydrogens (tertiary/aromatic N) is 3. The van der Waals surface area contributed by atoms with Crippen LogP contribution in [0.4, 0.5) is 0 Å². The van der Waals surface area contributed by atoms with E-state index >= 15 is 0 Å². The standard InChI is InChI=1S/C9H12ClN3O2/c1-6(5-14)13(2)9(15)7-3-11-4-8(10)12-7/h3-4,6,14H,5H2,1-2H3. The predicted molar refractivity (Wildman–Crippen MR) is 55.7 cm³/mol. The van der Waals surface area contributed by atoms with Gasteiger partial charge in [0.15, 0.2) is 0 Å². The second kappa shape index (κ2) is 5.04. The van der Waals surface area contributed by atoms with Crippen LogP contribution in [0.3, 0.4) is 0 Å². The third kappa shape index (κ3) is 2.87. The number of aliphatic hydroxyl groups excluding tert-OH is 1. The minimum Gasteiger partial charge on any atom is -0.394 e. The fourth-order valence-electron chi connectivity index (χ4n) is 0.949. The Morgan fingerprint density at radius 1 is 1.67 bits per heavy atom. The molecule has 1 heterocycles. The highest BCUT2D eigenvalue weighted by Crippen LogP contribution is 2.06. The third-order valence-electron chi connectivity index (χ3n) is 2.07. The van der Waals surface area contributed by atoms with Crippen LogP contribution in [0.15, 0.2) is 12.4 Å². The number of hydrogen-bond acceptors (Lipinski definition) is 4. The maximum Gasteiger partial charge on any atom is 0.274 e. The van der Waals surface area contributed by atoms with Gasteiger partial charge in [-0.25, -0.2) is 4.98 Å². The largest absolute Gasteiger partial charge is 0.394 e. The van der Waals surface area contributed by atoms with E-state index in [1.165, 1.54) is 17.3 Å². The molecule has 5 nitrogen and oxygen atoms in total. The Morgan fingerprint density at radius 3 is 2.87 bits per heavy atom. The van der Waals surface area contributed by atoms with Crippen molar-refractivity contribution >= 4 is 17.5 Å². The average Bonchev–Trinajstić information content (AvgIpc) is 2.26. The van der Waals surface area contributed by atoms with E-state index in [0.29, 0.717) is 0 Å². The van der Waals surface area contributed by atoms with Crippen LogP contribution in [0, 0.1) is 0 Å². The minimum absolute atomic E-state index is 0.101. The predicted octanol–water partition coefficient (Wildman–Crippen LogP) is 0.583. The first-order valence-corrected chi connectivity index (χ1v) is 4.79. The van der Waals surface area contributed by atoms with Crippen LogP contribution in [-0.2, 0) is 0 Å². The normalized spacial score (nSPS) is 12.3. The molecule has 1 aromatic rings. The van der Waals surface area contributed by atoms with E-state index in [1.54, 1.807) is 14.0 Å². The van der Waals surface area contributed by atoms with E-state index in [1.807, 2.05) is 0 Å². The number of halogens is 1. The molecular formula is C9H12ClN3O2. The maximum atomic E-state index is 11.8. The Morgan fingerprint density at radius 2 is 2.33 bits per heavy atom. The summed E-state index contributed by atoms with van der Waals surface area (Å²) in [6.07, 6.45) is 2.70. The smallest absolute Gasteiger partial charge is 0.274 e. The van der Waals surface area contributed by atoms with E-state index in [9.17, 15) is 4.79 Å². The molecule has 0 bridgehead atoms. The Hall–Kier alpha value is -1.20. The van der Waals surface area contributed by atoms with E-state index in [4.69, 9.17) is 16.7 Å². The van der Waals surface area contributed by atoms with E-state index < -0.39 is 0 Å². The van der Waals surface area contributed by atoms with Crippen molar-refractivity contribution in [3.63, 3.8) is 0 Å². The van der Waals surface area contributed by atoms with Gasteiger partial charge in [0.25, 0.3) is 5.91 Å². The van der Waals surface area contributed by atoms with Crippen molar-refractivity contribution in [2.24, 2.45) is 0 Å². The highest BCUT2D eigenvalue weighted by Gasteiger charge is 2.18. The summed E-state index contributed by atoms with van der Waals surface area (Å²) in [6.45, 7) is 1.63. The lowest BCUT2D eigenvalue weighted by molar-refractivity contribution is 0.0676. The summed E-state index contributed by atoms with van der Waals surface area (Å²) >= 11 is 5.61.